The van der Waals surface area contributed by atoms with E-state index < -0.39 is 29.6 Å². The molecule has 0 saturated heterocycles. The van der Waals surface area contributed by atoms with Gasteiger partial charge in [0.25, 0.3) is 11.5 Å². The van der Waals surface area contributed by atoms with Crippen LogP contribution in [0.4, 0.5) is 4.79 Å². The standard InChI is InChI=1S/C19H21N3O5/c1-11(16(23)22-19(26)20-13-7-3-4-8-13)27-18(25)15-10-12-6-2-5-9-14(12)17(24)21-15/h2,5-6,9-11,13H,3-4,7-8H2,1H3,(H,21,24)(H2,20,22,23,26)/t11-/m1/s1. The number of ether oxygens (including phenoxy) is 1. The molecule has 3 rings (SSSR count). The van der Waals surface area contributed by atoms with Crippen molar-refractivity contribution in [3.63, 3.8) is 0 Å². The molecule has 0 unspecified atom stereocenters. The number of esters is 1. The normalized spacial score (nSPS) is 15.3. The van der Waals surface area contributed by atoms with E-state index in [1.54, 1.807) is 24.3 Å². The first-order valence-electron chi connectivity index (χ1n) is 8.88. The zero-order valence-electron chi connectivity index (χ0n) is 14.9. The molecule has 3 amide bonds. The summed E-state index contributed by atoms with van der Waals surface area (Å²) in [7, 11) is 0. The summed E-state index contributed by atoms with van der Waals surface area (Å²) in [4.78, 5) is 50.6. The van der Waals surface area contributed by atoms with Crippen LogP contribution in [-0.4, -0.2) is 35.0 Å². The lowest BCUT2D eigenvalue weighted by Gasteiger charge is -2.15. The highest BCUT2D eigenvalue weighted by atomic mass is 16.5. The molecule has 0 radical (unpaired) electrons. The van der Waals surface area contributed by atoms with Crippen LogP contribution in [0.2, 0.25) is 0 Å². The van der Waals surface area contributed by atoms with E-state index in [0.717, 1.165) is 25.7 Å². The molecule has 3 N–H and O–H groups in total. The average Bonchev–Trinajstić information content (AvgIpc) is 3.14. The first kappa shape index (κ1) is 18.6. The second kappa shape index (κ2) is 8.03. The zero-order chi connectivity index (χ0) is 19.4. The Bertz CT molecular complexity index is 930. The van der Waals surface area contributed by atoms with Crippen molar-refractivity contribution in [2.45, 2.75) is 44.8 Å². The first-order chi connectivity index (χ1) is 12.9. The Labute approximate surface area is 155 Å². The van der Waals surface area contributed by atoms with Crippen LogP contribution in [-0.2, 0) is 9.53 Å². The van der Waals surface area contributed by atoms with Crippen LogP contribution in [0.3, 0.4) is 0 Å². The number of aromatic nitrogens is 1. The molecule has 0 aliphatic heterocycles. The predicted octanol–water partition coefficient (Wildman–Crippen LogP) is 1.84. The Morgan fingerprint density at radius 3 is 2.63 bits per heavy atom. The molecule has 27 heavy (non-hydrogen) atoms. The number of pyridine rings is 1. The molecule has 8 heteroatoms. The van der Waals surface area contributed by atoms with E-state index in [2.05, 4.69) is 15.6 Å². The van der Waals surface area contributed by atoms with E-state index in [4.69, 9.17) is 4.74 Å². The van der Waals surface area contributed by atoms with Gasteiger partial charge in [-0.2, -0.15) is 0 Å². The van der Waals surface area contributed by atoms with E-state index in [1.807, 2.05) is 0 Å². The second-order valence-electron chi connectivity index (χ2n) is 6.59. The number of rotatable bonds is 4. The van der Waals surface area contributed by atoms with E-state index in [0.29, 0.717) is 10.8 Å². The van der Waals surface area contributed by atoms with Gasteiger partial charge in [0.05, 0.1) is 0 Å². The van der Waals surface area contributed by atoms with Crippen molar-refractivity contribution >= 4 is 28.7 Å². The molecule has 1 saturated carbocycles. The molecule has 1 aliphatic carbocycles. The number of nitrogens with one attached hydrogen (secondary N) is 3. The largest absolute Gasteiger partial charge is 0.448 e. The molecule has 1 aliphatic rings. The molecule has 1 atom stereocenters. The third-order valence-electron chi connectivity index (χ3n) is 4.55. The summed E-state index contributed by atoms with van der Waals surface area (Å²) in [5.74, 6) is -1.58. The molecule has 1 fully saturated rings. The van der Waals surface area contributed by atoms with Crippen molar-refractivity contribution in [1.82, 2.24) is 15.6 Å². The molecule has 142 valence electrons. The van der Waals surface area contributed by atoms with Crippen molar-refractivity contribution in [1.29, 1.82) is 0 Å². The van der Waals surface area contributed by atoms with Crippen molar-refractivity contribution in [3.05, 3.63) is 46.4 Å². The topological polar surface area (TPSA) is 117 Å². The van der Waals surface area contributed by atoms with Crippen molar-refractivity contribution in [3.8, 4) is 0 Å². The molecular formula is C19H21N3O5. The summed E-state index contributed by atoms with van der Waals surface area (Å²) >= 11 is 0. The molecule has 0 spiro atoms. The SMILES string of the molecule is C[C@@H](OC(=O)c1cc2ccccc2c(=O)[nH]1)C(=O)NC(=O)NC1CCCC1. The van der Waals surface area contributed by atoms with Crippen LogP contribution in [0, 0.1) is 0 Å². The van der Waals surface area contributed by atoms with E-state index in [9.17, 15) is 19.2 Å². The zero-order valence-corrected chi connectivity index (χ0v) is 14.9. The van der Waals surface area contributed by atoms with Crippen LogP contribution >= 0.6 is 0 Å². The minimum atomic E-state index is -1.19. The highest BCUT2D eigenvalue weighted by Gasteiger charge is 2.23. The lowest BCUT2D eigenvalue weighted by Crippen LogP contribution is -2.47. The molecular weight excluding hydrogens is 350 g/mol. The number of carbonyl (C=O) groups is 3. The van der Waals surface area contributed by atoms with Gasteiger partial charge in [-0.15, -0.1) is 0 Å². The summed E-state index contributed by atoms with van der Waals surface area (Å²) in [5.41, 5.74) is -0.484. The number of aromatic amines is 1. The molecule has 8 nitrogen and oxygen atoms in total. The fraction of sp³-hybridized carbons (Fsp3) is 0.368. The van der Waals surface area contributed by atoms with Gasteiger partial charge in [0.1, 0.15) is 5.69 Å². The van der Waals surface area contributed by atoms with Gasteiger partial charge in [-0.05, 0) is 37.3 Å². The lowest BCUT2D eigenvalue weighted by molar-refractivity contribution is -0.127. The highest BCUT2D eigenvalue weighted by molar-refractivity contribution is 5.99. The quantitative estimate of drug-likeness (QED) is 0.709. The number of carbonyl (C=O) groups excluding carboxylic acids is 3. The van der Waals surface area contributed by atoms with Crippen LogP contribution in [0.5, 0.6) is 0 Å². The minimum absolute atomic E-state index is 0.0613. The minimum Gasteiger partial charge on any atom is -0.448 e. The maximum atomic E-state index is 12.2. The fourth-order valence-corrected chi connectivity index (χ4v) is 3.10. The Hall–Kier alpha value is -3.16. The summed E-state index contributed by atoms with van der Waals surface area (Å²) < 4.78 is 5.07. The van der Waals surface area contributed by atoms with Gasteiger partial charge in [0, 0.05) is 11.4 Å². The highest BCUT2D eigenvalue weighted by Crippen LogP contribution is 2.17. The maximum Gasteiger partial charge on any atom is 0.355 e. The monoisotopic (exact) mass is 371 g/mol. The average molecular weight is 371 g/mol. The van der Waals surface area contributed by atoms with Gasteiger partial charge in [0.15, 0.2) is 6.10 Å². The molecule has 1 heterocycles. The summed E-state index contributed by atoms with van der Waals surface area (Å²) in [6, 6.07) is 7.75. The smallest absolute Gasteiger partial charge is 0.355 e. The number of imide groups is 1. The second-order valence-corrected chi connectivity index (χ2v) is 6.59. The van der Waals surface area contributed by atoms with Crippen LogP contribution in [0.1, 0.15) is 43.1 Å². The number of benzene rings is 1. The van der Waals surface area contributed by atoms with Gasteiger partial charge in [-0.3, -0.25) is 14.9 Å². The van der Waals surface area contributed by atoms with Crippen LogP contribution in [0.15, 0.2) is 35.1 Å². The summed E-state index contributed by atoms with van der Waals surface area (Å²) in [5, 5.41) is 5.92. The number of hydrogen-bond donors (Lipinski definition) is 3. The summed E-state index contributed by atoms with van der Waals surface area (Å²) in [6.07, 6.45) is 2.69. The van der Waals surface area contributed by atoms with E-state index >= 15 is 0 Å². The Kier molecular flexibility index (Phi) is 5.54. The van der Waals surface area contributed by atoms with Crippen molar-refractivity contribution in [2.24, 2.45) is 0 Å². The number of urea groups is 1. The first-order valence-corrected chi connectivity index (χ1v) is 8.88. The number of hydrogen-bond acceptors (Lipinski definition) is 5. The van der Waals surface area contributed by atoms with Crippen LogP contribution in [0.25, 0.3) is 10.8 Å². The Morgan fingerprint density at radius 1 is 1.19 bits per heavy atom. The number of H-pyrrole nitrogens is 1. The summed E-state index contributed by atoms with van der Waals surface area (Å²) in [6.45, 7) is 1.36. The third-order valence-corrected chi connectivity index (χ3v) is 4.55. The molecule has 1 aromatic heterocycles. The molecule has 0 bridgehead atoms. The third kappa shape index (κ3) is 4.52. The maximum absolute atomic E-state index is 12.2. The van der Waals surface area contributed by atoms with E-state index in [1.165, 1.54) is 13.0 Å². The van der Waals surface area contributed by atoms with Crippen LogP contribution < -0.4 is 16.2 Å². The van der Waals surface area contributed by atoms with Gasteiger partial charge in [-0.1, -0.05) is 31.0 Å². The Balaban J connectivity index is 1.60. The van der Waals surface area contributed by atoms with Gasteiger partial charge in [-0.25, -0.2) is 9.59 Å². The van der Waals surface area contributed by atoms with Gasteiger partial charge >= 0.3 is 12.0 Å². The lowest BCUT2D eigenvalue weighted by atomic mass is 10.1. The van der Waals surface area contributed by atoms with E-state index in [-0.39, 0.29) is 11.7 Å². The van der Waals surface area contributed by atoms with Crippen molar-refractivity contribution < 1.29 is 19.1 Å². The van der Waals surface area contributed by atoms with Gasteiger partial charge < -0.3 is 15.0 Å². The predicted molar refractivity (Wildman–Crippen MR) is 98.4 cm³/mol. The molecule has 1 aromatic carbocycles. The molecule has 2 aromatic rings. The van der Waals surface area contributed by atoms with Gasteiger partial charge in [0.2, 0.25) is 0 Å². The Morgan fingerprint density at radius 2 is 1.89 bits per heavy atom. The number of amides is 3. The fourth-order valence-electron chi connectivity index (χ4n) is 3.10. The van der Waals surface area contributed by atoms with Crippen molar-refractivity contribution in [2.75, 3.05) is 0 Å². The number of fused-ring (bicyclic) bond motifs is 1.